The van der Waals surface area contributed by atoms with Crippen molar-refractivity contribution in [3.63, 3.8) is 0 Å². The quantitative estimate of drug-likeness (QED) is 0.868. The summed E-state index contributed by atoms with van der Waals surface area (Å²) < 4.78 is 38.9. The number of benzene rings is 1. The average Bonchev–Trinajstić information content (AvgIpc) is 2.73. The van der Waals surface area contributed by atoms with E-state index in [1.165, 1.54) is 16.9 Å². The zero-order valence-electron chi connectivity index (χ0n) is 9.48. The predicted molar refractivity (Wildman–Crippen MR) is 61.5 cm³/mol. The first-order valence-corrected chi connectivity index (χ1v) is 5.11. The van der Waals surface area contributed by atoms with Crippen molar-refractivity contribution in [1.82, 2.24) is 9.78 Å². The SMILES string of the molecule is NC(=O)c1cc(C(F)(F)F)ccc1-n1ccc(N)n1. The third-order valence-electron chi connectivity index (χ3n) is 2.45. The number of primary amides is 1. The molecule has 8 heteroatoms. The topological polar surface area (TPSA) is 86.9 Å². The fourth-order valence-corrected chi connectivity index (χ4v) is 1.58. The first-order valence-electron chi connectivity index (χ1n) is 5.11. The minimum atomic E-state index is -4.55. The highest BCUT2D eigenvalue weighted by atomic mass is 19.4. The van der Waals surface area contributed by atoms with Gasteiger partial charge < -0.3 is 11.5 Å². The molecule has 0 radical (unpaired) electrons. The summed E-state index contributed by atoms with van der Waals surface area (Å²) in [5, 5.41) is 3.82. The number of halogens is 3. The van der Waals surface area contributed by atoms with Crippen molar-refractivity contribution in [3.8, 4) is 5.69 Å². The Labute approximate surface area is 105 Å². The molecule has 0 unspecified atom stereocenters. The van der Waals surface area contributed by atoms with Gasteiger partial charge in [-0.25, -0.2) is 4.68 Å². The first kappa shape index (κ1) is 12.9. The molecule has 4 N–H and O–H groups in total. The van der Waals surface area contributed by atoms with Crippen LogP contribution in [0.1, 0.15) is 15.9 Å². The number of nitrogen functional groups attached to an aromatic ring is 1. The summed E-state index contributed by atoms with van der Waals surface area (Å²) in [6.45, 7) is 0. The van der Waals surface area contributed by atoms with E-state index in [0.29, 0.717) is 6.07 Å². The van der Waals surface area contributed by atoms with Crippen LogP contribution in [-0.4, -0.2) is 15.7 Å². The van der Waals surface area contributed by atoms with Crippen molar-refractivity contribution >= 4 is 11.7 Å². The highest BCUT2D eigenvalue weighted by Crippen LogP contribution is 2.31. The summed E-state index contributed by atoms with van der Waals surface area (Å²) in [6.07, 6.45) is -3.13. The van der Waals surface area contributed by atoms with Crippen LogP contribution in [0.5, 0.6) is 0 Å². The minimum Gasteiger partial charge on any atom is -0.382 e. The second-order valence-electron chi connectivity index (χ2n) is 3.78. The Morgan fingerprint density at radius 1 is 1.26 bits per heavy atom. The van der Waals surface area contributed by atoms with Crippen molar-refractivity contribution < 1.29 is 18.0 Å². The van der Waals surface area contributed by atoms with Gasteiger partial charge >= 0.3 is 6.18 Å². The van der Waals surface area contributed by atoms with Crippen LogP contribution in [0, 0.1) is 0 Å². The van der Waals surface area contributed by atoms with Crippen LogP contribution in [0.2, 0.25) is 0 Å². The molecule has 19 heavy (non-hydrogen) atoms. The van der Waals surface area contributed by atoms with Gasteiger partial charge in [-0.05, 0) is 18.2 Å². The number of hydrogen-bond acceptors (Lipinski definition) is 3. The predicted octanol–water partition coefficient (Wildman–Crippen LogP) is 1.57. The lowest BCUT2D eigenvalue weighted by Gasteiger charge is -2.11. The number of carbonyl (C=O) groups is 1. The second kappa shape index (κ2) is 4.30. The molecule has 0 aliphatic carbocycles. The zero-order valence-corrected chi connectivity index (χ0v) is 9.48. The number of nitrogens with zero attached hydrogens (tertiary/aromatic N) is 2. The van der Waals surface area contributed by atoms with Gasteiger partial charge in [0.15, 0.2) is 0 Å². The van der Waals surface area contributed by atoms with Gasteiger partial charge in [-0.3, -0.25) is 4.79 Å². The molecule has 0 spiro atoms. The average molecular weight is 270 g/mol. The minimum absolute atomic E-state index is 0.136. The zero-order chi connectivity index (χ0) is 14.2. The molecule has 100 valence electrons. The van der Waals surface area contributed by atoms with Crippen molar-refractivity contribution in [3.05, 3.63) is 41.6 Å². The largest absolute Gasteiger partial charge is 0.416 e. The molecule has 0 atom stereocenters. The van der Waals surface area contributed by atoms with Crippen LogP contribution in [0.4, 0.5) is 19.0 Å². The maximum Gasteiger partial charge on any atom is 0.416 e. The van der Waals surface area contributed by atoms with Crippen LogP contribution < -0.4 is 11.5 Å². The molecular formula is C11H9F3N4O. The van der Waals surface area contributed by atoms with Gasteiger partial charge in [0.25, 0.3) is 5.91 Å². The van der Waals surface area contributed by atoms with Gasteiger partial charge in [-0.1, -0.05) is 0 Å². The van der Waals surface area contributed by atoms with Crippen LogP contribution in [0.3, 0.4) is 0 Å². The highest BCUT2D eigenvalue weighted by molar-refractivity contribution is 5.96. The Balaban J connectivity index is 2.60. The monoisotopic (exact) mass is 270 g/mol. The van der Waals surface area contributed by atoms with Crippen molar-refractivity contribution in [1.29, 1.82) is 0 Å². The number of aromatic nitrogens is 2. The Bertz CT molecular complexity index is 633. The van der Waals surface area contributed by atoms with Gasteiger partial charge in [-0.15, -0.1) is 0 Å². The van der Waals surface area contributed by atoms with E-state index in [1.807, 2.05) is 0 Å². The summed E-state index contributed by atoms with van der Waals surface area (Å²) in [5.74, 6) is -0.800. The Hall–Kier alpha value is -2.51. The van der Waals surface area contributed by atoms with E-state index in [0.717, 1.165) is 12.1 Å². The van der Waals surface area contributed by atoms with Crippen molar-refractivity contribution in [2.45, 2.75) is 6.18 Å². The van der Waals surface area contributed by atoms with E-state index in [-0.39, 0.29) is 17.1 Å². The lowest BCUT2D eigenvalue weighted by molar-refractivity contribution is -0.137. The van der Waals surface area contributed by atoms with Gasteiger partial charge in [0.1, 0.15) is 5.82 Å². The number of alkyl halides is 3. The number of anilines is 1. The Kier molecular flexibility index (Phi) is 2.93. The van der Waals surface area contributed by atoms with Crippen LogP contribution in [0.25, 0.3) is 5.69 Å². The maximum atomic E-state index is 12.6. The molecular weight excluding hydrogens is 261 g/mol. The van der Waals surface area contributed by atoms with E-state index in [9.17, 15) is 18.0 Å². The molecule has 1 aromatic carbocycles. The normalized spacial score (nSPS) is 11.5. The second-order valence-corrected chi connectivity index (χ2v) is 3.78. The summed E-state index contributed by atoms with van der Waals surface area (Å²) in [7, 11) is 0. The van der Waals surface area contributed by atoms with Gasteiger partial charge in [0, 0.05) is 12.3 Å². The molecule has 5 nitrogen and oxygen atoms in total. The van der Waals surface area contributed by atoms with Gasteiger partial charge in [-0.2, -0.15) is 18.3 Å². The number of amides is 1. The Morgan fingerprint density at radius 2 is 1.95 bits per heavy atom. The molecule has 0 saturated carbocycles. The molecule has 1 heterocycles. The molecule has 0 fully saturated rings. The summed E-state index contributed by atoms with van der Waals surface area (Å²) in [4.78, 5) is 11.3. The number of rotatable bonds is 2. The van der Waals surface area contributed by atoms with E-state index < -0.39 is 17.6 Å². The maximum absolute atomic E-state index is 12.6. The summed E-state index contributed by atoms with van der Waals surface area (Å²) in [6, 6.07) is 4.10. The fraction of sp³-hybridized carbons (Fsp3) is 0.0909. The molecule has 1 aromatic heterocycles. The van der Waals surface area contributed by atoms with E-state index in [4.69, 9.17) is 11.5 Å². The van der Waals surface area contributed by atoms with E-state index >= 15 is 0 Å². The smallest absolute Gasteiger partial charge is 0.382 e. The molecule has 0 bridgehead atoms. The third-order valence-corrected chi connectivity index (χ3v) is 2.45. The van der Waals surface area contributed by atoms with Gasteiger partial charge in [0.05, 0.1) is 16.8 Å². The lowest BCUT2D eigenvalue weighted by atomic mass is 10.1. The lowest BCUT2D eigenvalue weighted by Crippen LogP contribution is -2.17. The summed E-state index contributed by atoms with van der Waals surface area (Å²) >= 11 is 0. The van der Waals surface area contributed by atoms with Crippen molar-refractivity contribution in [2.24, 2.45) is 5.73 Å². The highest BCUT2D eigenvalue weighted by Gasteiger charge is 2.31. The molecule has 0 saturated heterocycles. The molecule has 2 aromatic rings. The van der Waals surface area contributed by atoms with Crippen LogP contribution >= 0.6 is 0 Å². The molecule has 2 rings (SSSR count). The first-order chi connectivity index (χ1) is 8.79. The third kappa shape index (κ3) is 2.51. The summed E-state index contributed by atoms with van der Waals surface area (Å²) in [5.41, 5.74) is 9.41. The van der Waals surface area contributed by atoms with E-state index in [2.05, 4.69) is 5.10 Å². The van der Waals surface area contributed by atoms with Gasteiger partial charge in [0.2, 0.25) is 0 Å². The molecule has 0 aliphatic heterocycles. The number of hydrogen-bond donors (Lipinski definition) is 2. The number of nitrogens with two attached hydrogens (primary N) is 2. The van der Waals surface area contributed by atoms with E-state index in [1.54, 1.807) is 0 Å². The molecule has 0 aliphatic rings. The van der Waals surface area contributed by atoms with Crippen molar-refractivity contribution in [2.75, 3.05) is 5.73 Å². The van der Waals surface area contributed by atoms with Crippen LogP contribution in [0.15, 0.2) is 30.5 Å². The van der Waals surface area contributed by atoms with Crippen LogP contribution in [-0.2, 0) is 6.18 Å². The Morgan fingerprint density at radius 3 is 2.42 bits per heavy atom. The molecule has 1 amide bonds. The standard InChI is InChI=1S/C11H9F3N4O/c12-11(13,14)6-1-2-8(7(5-6)10(16)19)18-4-3-9(15)17-18/h1-5H,(H2,15,17)(H2,16,19). The fourth-order valence-electron chi connectivity index (χ4n) is 1.58. The number of carbonyl (C=O) groups excluding carboxylic acids is 1.